The zero-order valence-electron chi connectivity index (χ0n) is 7.72. The summed E-state index contributed by atoms with van der Waals surface area (Å²) in [4.78, 5) is 0. The van der Waals surface area contributed by atoms with Crippen molar-refractivity contribution in [3.63, 3.8) is 0 Å². The van der Waals surface area contributed by atoms with Crippen LogP contribution in [-0.4, -0.2) is 27.2 Å². The Bertz CT molecular complexity index is 229. The highest BCUT2D eigenvalue weighted by molar-refractivity contribution is 5.30. The Balaban J connectivity index is 2.35. The lowest BCUT2D eigenvalue weighted by Gasteiger charge is -2.13. The first-order valence-electron chi connectivity index (χ1n) is 4.45. The monoisotopic (exact) mass is 182 g/mol. The minimum atomic E-state index is 0.450. The van der Waals surface area contributed by atoms with Gasteiger partial charge in [0.2, 0.25) is 0 Å². The molecule has 0 bridgehead atoms. The first-order valence-corrected chi connectivity index (χ1v) is 4.45. The summed E-state index contributed by atoms with van der Waals surface area (Å²) in [6.07, 6.45) is 4.70. The van der Waals surface area contributed by atoms with Crippen molar-refractivity contribution in [1.29, 1.82) is 0 Å². The van der Waals surface area contributed by atoms with Gasteiger partial charge in [-0.05, 0) is 11.6 Å². The number of hydrogen-bond donors (Lipinski definition) is 1. The van der Waals surface area contributed by atoms with Crippen LogP contribution in [0.25, 0.3) is 0 Å². The van der Waals surface area contributed by atoms with Gasteiger partial charge in [0.1, 0.15) is 0 Å². The maximum atomic E-state index is 9.45. The van der Waals surface area contributed by atoms with E-state index in [0.717, 1.165) is 24.3 Å². The maximum absolute atomic E-state index is 9.45. The standard InChI is InChI=1S/C8H14N4O/c1-2-3-4-7-12(13)8-5-6-9-11-10-8/h5-6,13H,2-4,7H2,1H3. The van der Waals surface area contributed by atoms with Crippen LogP contribution in [0.5, 0.6) is 0 Å². The second-order valence-electron chi connectivity index (χ2n) is 2.81. The Kier molecular flexibility index (Phi) is 4.11. The number of unbranched alkanes of at least 4 members (excludes halogenated alkanes) is 2. The van der Waals surface area contributed by atoms with Gasteiger partial charge in [0.05, 0.1) is 6.20 Å². The SMILES string of the molecule is CCCCCN(O)c1ccnnn1. The van der Waals surface area contributed by atoms with Crippen molar-refractivity contribution in [3.8, 4) is 0 Å². The molecule has 1 rings (SSSR count). The van der Waals surface area contributed by atoms with Gasteiger partial charge in [-0.25, -0.2) is 5.06 Å². The third-order valence-electron chi connectivity index (χ3n) is 1.73. The van der Waals surface area contributed by atoms with Crippen molar-refractivity contribution in [2.75, 3.05) is 11.6 Å². The molecule has 0 aliphatic heterocycles. The predicted octanol–water partition coefficient (Wildman–Crippen LogP) is 1.26. The highest BCUT2D eigenvalue weighted by Gasteiger charge is 2.02. The number of nitrogens with zero attached hydrogens (tertiary/aromatic N) is 4. The molecule has 0 radical (unpaired) electrons. The van der Waals surface area contributed by atoms with Crippen LogP contribution in [0.15, 0.2) is 12.3 Å². The summed E-state index contributed by atoms with van der Waals surface area (Å²) < 4.78 is 0. The molecule has 1 aromatic rings. The molecule has 5 heteroatoms. The van der Waals surface area contributed by atoms with E-state index in [0.29, 0.717) is 12.4 Å². The van der Waals surface area contributed by atoms with E-state index in [1.807, 2.05) is 0 Å². The van der Waals surface area contributed by atoms with Gasteiger partial charge in [0.25, 0.3) is 0 Å². The Morgan fingerprint density at radius 3 is 2.92 bits per heavy atom. The molecule has 0 aliphatic rings. The zero-order valence-corrected chi connectivity index (χ0v) is 7.72. The fraction of sp³-hybridized carbons (Fsp3) is 0.625. The van der Waals surface area contributed by atoms with Crippen molar-refractivity contribution in [3.05, 3.63) is 12.3 Å². The first-order chi connectivity index (χ1) is 6.34. The second kappa shape index (κ2) is 5.42. The van der Waals surface area contributed by atoms with Crippen molar-refractivity contribution in [2.24, 2.45) is 0 Å². The summed E-state index contributed by atoms with van der Waals surface area (Å²) in [5.74, 6) is 0.450. The minimum Gasteiger partial charge on any atom is -0.287 e. The van der Waals surface area contributed by atoms with Crippen molar-refractivity contribution in [2.45, 2.75) is 26.2 Å². The number of anilines is 1. The lowest BCUT2D eigenvalue weighted by atomic mass is 10.2. The van der Waals surface area contributed by atoms with Crippen LogP contribution >= 0.6 is 0 Å². The third kappa shape index (κ3) is 3.33. The second-order valence-corrected chi connectivity index (χ2v) is 2.81. The van der Waals surface area contributed by atoms with E-state index in [-0.39, 0.29) is 0 Å². The molecule has 1 aromatic heterocycles. The smallest absolute Gasteiger partial charge is 0.178 e. The van der Waals surface area contributed by atoms with Gasteiger partial charge >= 0.3 is 0 Å². The van der Waals surface area contributed by atoms with Gasteiger partial charge in [0, 0.05) is 12.6 Å². The molecular weight excluding hydrogens is 168 g/mol. The summed E-state index contributed by atoms with van der Waals surface area (Å²) in [6.45, 7) is 2.71. The molecule has 0 saturated carbocycles. The molecule has 0 atom stereocenters. The molecule has 0 aromatic carbocycles. The van der Waals surface area contributed by atoms with E-state index in [4.69, 9.17) is 0 Å². The fourth-order valence-electron chi connectivity index (χ4n) is 0.999. The lowest BCUT2D eigenvalue weighted by molar-refractivity contribution is 0.246. The molecule has 0 spiro atoms. The van der Waals surface area contributed by atoms with Crippen LogP contribution in [0.3, 0.4) is 0 Å². The highest BCUT2D eigenvalue weighted by atomic mass is 16.5. The number of aromatic nitrogens is 3. The van der Waals surface area contributed by atoms with E-state index in [1.54, 1.807) is 6.07 Å². The number of rotatable bonds is 5. The van der Waals surface area contributed by atoms with Gasteiger partial charge in [-0.15, -0.1) is 10.2 Å². The van der Waals surface area contributed by atoms with Gasteiger partial charge in [-0.2, -0.15) is 0 Å². The van der Waals surface area contributed by atoms with Crippen LogP contribution in [-0.2, 0) is 0 Å². The third-order valence-corrected chi connectivity index (χ3v) is 1.73. The summed E-state index contributed by atoms with van der Waals surface area (Å²) in [5.41, 5.74) is 0. The van der Waals surface area contributed by atoms with Crippen LogP contribution < -0.4 is 5.06 Å². The lowest BCUT2D eigenvalue weighted by Crippen LogP contribution is -2.20. The molecule has 0 unspecified atom stereocenters. The molecule has 0 saturated heterocycles. The van der Waals surface area contributed by atoms with E-state index in [9.17, 15) is 5.21 Å². The first kappa shape index (κ1) is 9.85. The molecule has 0 amide bonds. The average Bonchev–Trinajstić information content (AvgIpc) is 2.19. The summed E-state index contributed by atoms with van der Waals surface area (Å²) in [5, 5.41) is 21.2. The molecule has 1 N–H and O–H groups in total. The maximum Gasteiger partial charge on any atom is 0.178 e. The fourth-order valence-corrected chi connectivity index (χ4v) is 0.999. The summed E-state index contributed by atoms with van der Waals surface area (Å²) in [6, 6.07) is 1.62. The van der Waals surface area contributed by atoms with Gasteiger partial charge in [-0.1, -0.05) is 19.8 Å². The summed E-state index contributed by atoms with van der Waals surface area (Å²) >= 11 is 0. The van der Waals surface area contributed by atoms with E-state index in [2.05, 4.69) is 22.3 Å². The predicted molar refractivity (Wildman–Crippen MR) is 48.5 cm³/mol. The topological polar surface area (TPSA) is 62.1 Å². The highest BCUT2D eigenvalue weighted by Crippen LogP contribution is 2.05. The Morgan fingerprint density at radius 2 is 2.31 bits per heavy atom. The molecule has 0 fully saturated rings. The minimum absolute atomic E-state index is 0.450. The number of hydrogen-bond acceptors (Lipinski definition) is 5. The Hall–Kier alpha value is -1.23. The van der Waals surface area contributed by atoms with E-state index >= 15 is 0 Å². The van der Waals surface area contributed by atoms with Crippen LogP contribution in [0.1, 0.15) is 26.2 Å². The van der Waals surface area contributed by atoms with Gasteiger partial charge in [-0.3, -0.25) is 5.21 Å². The molecule has 5 nitrogen and oxygen atoms in total. The summed E-state index contributed by atoms with van der Waals surface area (Å²) in [7, 11) is 0. The quantitative estimate of drug-likeness (QED) is 0.548. The van der Waals surface area contributed by atoms with Gasteiger partial charge in [0.15, 0.2) is 5.82 Å². The largest absolute Gasteiger partial charge is 0.287 e. The van der Waals surface area contributed by atoms with Crippen molar-refractivity contribution >= 4 is 5.82 Å². The average molecular weight is 182 g/mol. The normalized spacial score (nSPS) is 10.0. The van der Waals surface area contributed by atoms with Crippen molar-refractivity contribution in [1.82, 2.24) is 15.4 Å². The molecule has 72 valence electrons. The zero-order chi connectivity index (χ0) is 9.52. The van der Waals surface area contributed by atoms with Crippen molar-refractivity contribution < 1.29 is 5.21 Å². The molecule has 0 aliphatic carbocycles. The van der Waals surface area contributed by atoms with E-state index < -0.39 is 0 Å². The van der Waals surface area contributed by atoms with Crippen LogP contribution in [0, 0.1) is 0 Å². The Labute approximate surface area is 77.4 Å². The number of hydroxylamine groups is 1. The molecular formula is C8H14N4O. The van der Waals surface area contributed by atoms with Gasteiger partial charge < -0.3 is 0 Å². The van der Waals surface area contributed by atoms with Crippen LogP contribution in [0.4, 0.5) is 5.82 Å². The Morgan fingerprint density at radius 1 is 1.46 bits per heavy atom. The van der Waals surface area contributed by atoms with E-state index in [1.165, 1.54) is 6.20 Å². The molecule has 13 heavy (non-hydrogen) atoms. The molecule has 1 heterocycles. The van der Waals surface area contributed by atoms with Crippen LogP contribution in [0.2, 0.25) is 0 Å².